The number of hydrogen-bond donors (Lipinski definition) is 0. The highest BCUT2D eigenvalue weighted by molar-refractivity contribution is 6.33. The van der Waals surface area contributed by atoms with Crippen molar-refractivity contribution in [1.29, 1.82) is 0 Å². The molecule has 3 aliphatic carbocycles. The lowest BCUT2D eigenvalue weighted by Gasteiger charge is -2.18. The molecule has 1 aromatic carbocycles. The molecule has 4 aliphatic rings. The van der Waals surface area contributed by atoms with Crippen LogP contribution in [0.3, 0.4) is 0 Å². The first-order valence-corrected chi connectivity index (χ1v) is 8.36. The van der Waals surface area contributed by atoms with Gasteiger partial charge in [0.25, 0.3) is 11.8 Å². The molecule has 0 N–H and O–H groups in total. The summed E-state index contributed by atoms with van der Waals surface area (Å²) in [5.41, 5.74) is 0.922. The molecule has 0 unspecified atom stereocenters. The monoisotopic (exact) mass is 326 g/mol. The molecule has 0 radical (unpaired) electrons. The quantitative estimate of drug-likeness (QED) is 0.476. The highest BCUT2D eigenvalue weighted by Gasteiger charge is 2.73. The van der Waals surface area contributed by atoms with Crippen LogP contribution in [0.25, 0.3) is 0 Å². The second-order valence-electron chi connectivity index (χ2n) is 6.98. The van der Waals surface area contributed by atoms with Crippen LogP contribution in [0.15, 0.2) is 41.5 Å². The first-order valence-electron chi connectivity index (χ1n) is 7.98. The van der Waals surface area contributed by atoms with E-state index in [0.717, 1.165) is 17.9 Å². The lowest BCUT2D eigenvalue weighted by atomic mass is 9.85. The zero-order valence-electron chi connectivity index (χ0n) is 12.4. The molecule has 5 heteroatoms. The van der Waals surface area contributed by atoms with E-state index in [9.17, 15) is 9.59 Å². The van der Waals surface area contributed by atoms with E-state index in [-0.39, 0.29) is 40.9 Å². The van der Waals surface area contributed by atoms with Crippen molar-refractivity contribution in [2.45, 2.75) is 12.8 Å². The van der Waals surface area contributed by atoms with Crippen molar-refractivity contribution in [2.24, 2.45) is 34.2 Å². The van der Waals surface area contributed by atoms with Crippen LogP contribution < -0.4 is 0 Å². The van der Waals surface area contributed by atoms with Crippen LogP contribution in [0.2, 0.25) is 5.02 Å². The number of benzene rings is 1. The molecule has 2 amide bonds. The maximum atomic E-state index is 12.7. The number of allylic oxidation sites excluding steroid dienone is 2. The Balaban J connectivity index is 1.46. The summed E-state index contributed by atoms with van der Waals surface area (Å²) in [6.07, 6.45) is 8.11. The van der Waals surface area contributed by atoms with Gasteiger partial charge >= 0.3 is 0 Å². The highest BCUT2D eigenvalue weighted by atomic mass is 35.5. The fourth-order valence-electron chi connectivity index (χ4n) is 4.88. The van der Waals surface area contributed by atoms with Gasteiger partial charge in [0, 0.05) is 10.6 Å². The van der Waals surface area contributed by atoms with Crippen LogP contribution in [-0.4, -0.2) is 23.0 Å². The molecule has 1 heterocycles. The number of carbonyl (C=O) groups excluding carboxylic acids is 2. The molecule has 4 atom stereocenters. The van der Waals surface area contributed by atoms with Gasteiger partial charge < -0.3 is 0 Å². The number of nitrogens with zero attached hydrogens (tertiary/aromatic N) is 2. The third-order valence-corrected chi connectivity index (χ3v) is 6.39. The smallest absolute Gasteiger partial charge is 0.254 e. The lowest BCUT2D eigenvalue weighted by molar-refractivity contribution is -0.141. The van der Waals surface area contributed by atoms with Gasteiger partial charge in [0.05, 0.1) is 18.1 Å². The Hall–Kier alpha value is -1.94. The van der Waals surface area contributed by atoms with Crippen LogP contribution in [0.1, 0.15) is 18.4 Å². The summed E-state index contributed by atoms with van der Waals surface area (Å²) >= 11 is 6.09. The Kier molecular flexibility index (Phi) is 2.54. The van der Waals surface area contributed by atoms with E-state index >= 15 is 0 Å². The summed E-state index contributed by atoms with van der Waals surface area (Å²) in [5, 5.41) is 5.78. The van der Waals surface area contributed by atoms with E-state index in [1.165, 1.54) is 6.21 Å². The molecule has 23 heavy (non-hydrogen) atoms. The molecule has 116 valence electrons. The number of hydrazone groups is 1. The zero-order chi connectivity index (χ0) is 15.8. The van der Waals surface area contributed by atoms with E-state index in [2.05, 4.69) is 17.3 Å². The fourth-order valence-corrected chi connectivity index (χ4v) is 5.06. The summed E-state index contributed by atoms with van der Waals surface area (Å²) < 4.78 is 0. The van der Waals surface area contributed by atoms with Gasteiger partial charge in [-0.25, -0.2) is 0 Å². The minimum absolute atomic E-state index is 0.147. The molecule has 1 saturated heterocycles. The van der Waals surface area contributed by atoms with Crippen molar-refractivity contribution in [3.8, 4) is 0 Å². The molecule has 2 saturated carbocycles. The Morgan fingerprint density at radius 2 is 1.70 bits per heavy atom. The van der Waals surface area contributed by atoms with E-state index in [0.29, 0.717) is 10.6 Å². The van der Waals surface area contributed by atoms with Crippen molar-refractivity contribution in [3.63, 3.8) is 0 Å². The molecule has 4 nitrogen and oxygen atoms in total. The van der Waals surface area contributed by atoms with Crippen molar-refractivity contribution in [2.75, 3.05) is 0 Å². The number of imide groups is 1. The molecule has 2 bridgehead atoms. The Bertz CT molecular complexity index is 762. The molecule has 1 spiro atoms. The van der Waals surface area contributed by atoms with Gasteiger partial charge in [-0.1, -0.05) is 42.0 Å². The van der Waals surface area contributed by atoms with Gasteiger partial charge in [-0.15, -0.1) is 0 Å². The van der Waals surface area contributed by atoms with Crippen LogP contribution in [0, 0.1) is 29.1 Å². The Labute approximate surface area is 138 Å². The van der Waals surface area contributed by atoms with Crippen molar-refractivity contribution >= 4 is 29.6 Å². The molecular formula is C18H15ClN2O2. The molecule has 1 aliphatic heterocycles. The molecular weight excluding hydrogens is 312 g/mol. The first-order chi connectivity index (χ1) is 11.1. The second kappa shape index (κ2) is 4.32. The number of halogens is 1. The number of rotatable bonds is 2. The minimum atomic E-state index is -0.205. The predicted molar refractivity (Wildman–Crippen MR) is 85.7 cm³/mol. The van der Waals surface area contributed by atoms with Gasteiger partial charge in [0.2, 0.25) is 0 Å². The zero-order valence-corrected chi connectivity index (χ0v) is 13.1. The molecule has 3 fully saturated rings. The van der Waals surface area contributed by atoms with Crippen molar-refractivity contribution in [3.05, 3.63) is 47.0 Å². The summed E-state index contributed by atoms with van der Waals surface area (Å²) in [6, 6.07) is 7.24. The lowest BCUT2D eigenvalue weighted by Crippen LogP contribution is -2.30. The third kappa shape index (κ3) is 1.59. The van der Waals surface area contributed by atoms with Crippen LogP contribution in [0.4, 0.5) is 0 Å². The topological polar surface area (TPSA) is 49.7 Å². The Morgan fingerprint density at radius 3 is 2.26 bits per heavy atom. The van der Waals surface area contributed by atoms with E-state index in [1.54, 1.807) is 6.07 Å². The first kappa shape index (κ1) is 13.5. The predicted octanol–water partition coefficient (Wildman–Crippen LogP) is 2.87. The standard InChI is InChI=1S/C18H15ClN2O2/c19-13-4-2-1-3-10(13)9-20-21-16(22)14-11-5-6-12(15(14)17(21)23)18(11)7-8-18/h1-6,9,11-12,14-15H,7-8H2/b20-9-/t11-,12-,14-,15+/m0/s1. The summed E-state index contributed by atoms with van der Waals surface area (Å²) in [5.74, 6) is -0.242. The SMILES string of the molecule is O=C1[C@@H]2[C@H](C(=O)N1/N=C\c1ccccc1Cl)[C@@H]1C=C[C@@H]2C12CC2. The Morgan fingerprint density at radius 1 is 1.09 bits per heavy atom. The summed E-state index contributed by atoms with van der Waals surface area (Å²) in [7, 11) is 0. The average Bonchev–Trinajstić information content (AvgIpc) is 3.15. The highest BCUT2D eigenvalue weighted by Crippen LogP contribution is 2.73. The maximum absolute atomic E-state index is 12.7. The molecule has 5 rings (SSSR count). The maximum Gasteiger partial charge on any atom is 0.254 e. The van der Waals surface area contributed by atoms with Crippen LogP contribution in [0.5, 0.6) is 0 Å². The molecule has 0 aromatic heterocycles. The number of amides is 2. The summed E-state index contributed by atoms with van der Waals surface area (Å²) in [4.78, 5) is 25.5. The normalized spacial score (nSPS) is 35.8. The number of hydrogen-bond acceptors (Lipinski definition) is 3. The largest absolute Gasteiger partial charge is 0.272 e. The van der Waals surface area contributed by atoms with Gasteiger partial charge in [0.1, 0.15) is 0 Å². The van der Waals surface area contributed by atoms with Crippen LogP contribution >= 0.6 is 11.6 Å². The van der Waals surface area contributed by atoms with Crippen LogP contribution in [-0.2, 0) is 9.59 Å². The average molecular weight is 327 g/mol. The van der Waals surface area contributed by atoms with Gasteiger partial charge in [-0.05, 0) is 36.2 Å². The van der Waals surface area contributed by atoms with E-state index in [1.807, 2.05) is 18.2 Å². The fraction of sp³-hybridized carbons (Fsp3) is 0.389. The van der Waals surface area contributed by atoms with E-state index in [4.69, 9.17) is 11.6 Å². The van der Waals surface area contributed by atoms with Gasteiger partial charge in [0.15, 0.2) is 0 Å². The van der Waals surface area contributed by atoms with Crippen molar-refractivity contribution in [1.82, 2.24) is 5.01 Å². The summed E-state index contributed by atoms with van der Waals surface area (Å²) in [6.45, 7) is 0. The second-order valence-corrected chi connectivity index (χ2v) is 7.38. The van der Waals surface area contributed by atoms with Gasteiger partial charge in [-0.2, -0.15) is 10.1 Å². The number of carbonyl (C=O) groups is 2. The van der Waals surface area contributed by atoms with Gasteiger partial charge in [-0.3, -0.25) is 9.59 Å². The van der Waals surface area contributed by atoms with Crippen molar-refractivity contribution < 1.29 is 9.59 Å². The minimum Gasteiger partial charge on any atom is -0.272 e. The van der Waals surface area contributed by atoms with E-state index < -0.39 is 0 Å². The third-order valence-electron chi connectivity index (χ3n) is 6.05. The molecule has 1 aromatic rings. The number of fused-ring (bicyclic) bond motifs is 3.